The van der Waals surface area contributed by atoms with Crippen LogP contribution in [-0.2, 0) is 5.41 Å². The van der Waals surface area contributed by atoms with Gasteiger partial charge in [0.05, 0.1) is 6.20 Å². The lowest BCUT2D eigenvalue weighted by molar-refractivity contribution is 0.592. The Morgan fingerprint density at radius 2 is 1.64 bits per heavy atom. The van der Waals surface area contributed by atoms with Gasteiger partial charge in [-0.2, -0.15) is 10.1 Å². The fraction of sp³-hybridized carbons (Fsp3) is 0.211. The average Bonchev–Trinajstić information content (AvgIpc) is 2.57. The van der Waals surface area contributed by atoms with E-state index in [4.69, 9.17) is 11.6 Å². The Bertz CT molecular complexity index is 856. The highest BCUT2D eigenvalue weighted by molar-refractivity contribution is 6.30. The van der Waals surface area contributed by atoms with Gasteiger partial charge in [-0.3, -0.25) is 0 Å². The molecule has 0 radical (unpaired) electrons. The molecule has 5 nitrogen and oxygen atoms in total. The van der Waals surface area contributed by atoms with Gasteiger partial charge in [0.15, 0.2) is 5.82 Å². The van der Waals surface area contributed by atoms with Crippen molar-refractivity contribution in [1.82, 2.24) is 15.2 Å². The fourth-order valence-electron chi connectivity index (χ4n) is 2.46. The summed E-state index contributed by atoms with van der Waals surface area (Å²) in [5, 5.41) is 15.2. The molecule has 0 atom stereocenters. The standard InChI is InChI=1S/C19H20ClN5/c1-19(2,3)15-6-4-5-7-16(15)23-17-12-21-25-18(24-17)22-14-10-8-13(20)9-11-14/h4-12H,1-3H3,(H2,22,23,24,25). The molecule has 0 bridgehead atoms. The maximum Gasteiger partial charge on any atom is 0.249 e. The summed E-state index contributed by atoms with van der Waals surface area (Å²) in [6, 6.07) is 15.5. The number of nitrogens with one attached hydrogen (secondary N) is 2. The van der Waals surface area contributed by atoms with E-state index in [0.29, 0.717) is 16.8 Å². The van der Waals surface area contributed by atoms with Gasteiger partial charge in [0.25, 0.3) is 0 Å². The zero-order chi connectivity index (χ0) is 17.9. The number of hydrogen-bond acceptors (Lipinski definition) is 5. The Balaban J connectivity index is 1.82. The molecule has 0 spiro atoms. The second kappa shape index (κ2) is 7.07. The van der Waals surface area contributed by atoms with Gasteiger partial charge in [-0.1, -0.05) is 50.6 Å². The summed E-state index contributed by atoms with van der Waals surface area (Å²) in [7, 11) is 0. The van der Waals surface area contributed by atoms with Crippen molar-refractivity contribution in [3.05, 3.63) is 65.3 Å². The van der Waals surface area contributed by atoms with Crippen LogP contribution in [0.2, 0.25) is 5.02 Å². The van der Waals surface area contributed by atoms with Crippen molar-refractivity contribution in [2.24, 2.45) is 0 Å². The molecule has 0 aliphatic rings. The number of nitrogens with zero attached hydrogens (tertiary/aromatic N) is 3. The Morgan fingerprint density at radius 3 is 2.36 bits per heavy atom. The number of para-hydroxylation sites is 1. The van der Waals surface area contributed by atoms with Gasteiger partial charge in [0, 0.05) is 16.4 Å². The maximum atomic E-state index is 5.90. The van der Waals surface area contributed by atoms with Crippen molar-refractivity contribution >= 4 is 34.7 Å². The molecular formula is C19H20ClN5. The van der Waals surface area contributed by atoms with E-state index in [1.165, 1.54) is 5.56 Å². The zero-order valence-electron chi connectivity index (χ0n) is 14.4. The first-order valence-corrected chi connectivity index (χ1v) is 8.38. The van der Waals surface area contributed by atoms with Crippen LogP contribution in [0.3, 0.4) is 0 Å². The van der Waals surface area contributed by atoms with Gasteiger partial charge in [-0.05, 0) is 41.3 Å². The van der Waals surface area contributed by atoms with Crippen LogP contribution in [-0.4, -0.2) is 15.2 Å². The normalized spacial score (nSPS) is 11.2. The molecule has 3 aromatic rings. The molecule has 128 valence electrons. The maximum absolute atomic E-state index is 5.90. The molecule has 0 saturated carbocycles. The van der Waals surface area contributed by atoms with Crippen LogP contribution >= 0.6 is 11.6 Å². The summed E-state index contributed by atoms with van der Waals surface area (Å²) in [4.78, 5) is 4.48. The SMILES string of the molecule is CC(C)(C)c1ccccc1Nc1cnnc(Nc2ccc(Cl)cc2)n1. The molecule has 0 saturated heterocycles. The number of benzene rings is 2. The lowest BCUT2D eigenvalue weighted by atomic mass is 9.86. The van der Waals surface area contributed by atoms with Crippen LogP contribution in [0.1, 0.15) is 26.3 Å². The van der Waals surface area contributed by atoms with E-state index >= 15 is 0 Å². The van der Waals surface area contributed by atoms with Crippen LogP contribution in [0.15, 0.2) is 54.7 Å². The zero-order valence-corrected chi connectivity index (χ0v) is 15.2. The minimum Gasteiger partial charge on any atom is -0.339 e. The predicted molar refractivity (Wildman–Crippen MR) is 103 cm³/mol. The van der Waals surface area contributed by atoms with Crippen LogP contribution in [0, 0.1) is 0 Å². The summed E-state index contributed by atoms with van der Waals surface area (Å²) < 4.78 is 0. The van der Waals surface area contributed by atoms with E-state index in [0.717, 1.165) is 11.4 Å². The van der Waals surface area contributed by atoms with Crippen molar-refractivity contribution < 1.29 is 0 Å². The molecule has 25 heavy (non-hydrogen) atoms. The van der Waals surface area contributed by atoms with E-state index in [1.807, 2.05) is 30.3 Å². The molecule has 3 rings (SSSR count). The first-order chi connectivity index (χ1) is 11.9. The third-order valence-corrected chi connectivity index (χ3v) is 3.91. The summed E-state index contributed by atoms with van der Waals surface area (Å²) in [6.07, 6.45) is 1.60. The lowest BCUT2D eigenvalue weighted by Crippen LogP contribution is -2.14. The van der Waals surface area contributed by atoms with E-state index in [9.17, 15) is 0 Å². The van der Waals surface area contributed by atoms with Crippen LogP contribution in [0.5, 0.6) is 0 Å². The van der Waals surface area contributed by atoms with Crippen LogP contribution in [0.4, 0.5) is 23.1 Å². The molecule has 0 aliphatic heterocycles. The third kappa shape index (κ3) is 4.45. The third-order valence-electron chi connectivity index (χ3n) is 3.66. The van der Waals surface area contributed by atoms with Gasteiger partial charge in [0.2, 0.25) is 5.95 Å². The number of aromatic nitrogens is 3. The monoisotopic (exact) mass is 353 g/mol. The van der Waals surface area contributed by atoms with E-state index in [1.54, 1.807) is 18.3 Å². The Morgan fingerprint density at radius 1 is 0.920 bits per heavy atom. The highest BCUT2D eigenvalue weighted by atomic mass is 35.5. The predicted octanol–water partition coefficient (Wildman–Crippen LogP) is 5.31. The second-order valence-corrected chi connectivity index (χ2v) is 7.15. The van der Waals surface area contributed by atoms with E-state index in [-0.39, 0.29) is 5.41 Å². The Labute approximate surface area is 152 Å². The van der Waals surface area contributed by atoms with Crippen molar-refractivity contribution in [2.75, 3.05) is 10.6 Å². The summed E-state index contributed by atoms with van der Waals surface area (Å²) >= 11 is 5.90. The van der Waals surface area contributed by atoms with Crippen molar-refractivity contribution in [3.8, 4) is 0 Å². The minimum absolute atomic E-state index is 0.0223. The number of anilines is 4. The summed E-state index contributed by atoms with van der Waals surface area (Å²) in [6.45, 7) is 6.54. The quantitative estimate of drug-likeness (QED) is 0.665. The molecule has 1 aromatic heterocycles. The molecule has 2 N–H and O–H groups in total. The van der Waals surface area contributed by atoms with E-state index < -0.39 is 0 Å². The van der Waals surface area contributed by atoms with E-state index in [2.05, 4.69) is 52.7 Å². The first-order valence-electron chi connectivity index (χ1n) is 8.01. The van der Waals surface area contributed by atoms with Crippen molar-refractivity contribution in [1.29, 1.82) is 0 Å². The highest BCUT2D eigenvalue weighted by Crippen LogP contribution is 2.30. The molecule has 1 heterocycles. The molecular weight excluding hydrogens is 334 g/mol. The highest BCUT2D eigenvalue weighted by Gasteiger charge is 2.17. The van der Waals surface area contributed by atoms with Crippen LogP contribution in [0.25, 0.3) is 0 Å². The van der Waals surface area contributed by atoms with Gasteiger partial charge < -0.3 is 10.6 Å². The summed E-state index contributed by atoms with van der Waals surface area (Å²) in [5.74, 6) is 1.05. The number of hydrogen-bond donors (Lipinski definition) is 2. The van der Waals surface area contributed by atoms with Gasteiger partial charge in [-0.25, -0.2) is 0 Å². The Kier molecular flexibility index (Phi) is 4.86. The largest absolute Gasteiger partial charge is 0.339 e. The number of halogens is 1. The number of rotatable bonds is 4. The average molecular weight is 354 g/mol. The molecule has 0 amide bonds. The Hall–Kier alpha value is -2.66. The van der Waals surface area contributed by atoms with Crippen molar-refractivity contribution in [2.45, 2.75) is 26.2 Å². The minimum atomic E-state index is 0.0223. The second-order valence-electron chi connectivity index (χ2n) is 6.72. The smallest absolute Gasteiger partial charge is 0.249 e. The molecule has 0 fully saturated rings. The van der Waals surface area contributed by atoms with Gasteiger partial charge in [-0.15, -0.1) is 5.10 Å². The molecule has 6 heteroatoms. The van der Waals surface area contributed by atoms with Gasteiger partial charge in [0.1, 0.15) is 0 Å². The molecule has 0 aliphatic carbocycles. The van der Waals surface area contributed by atoms with Crippen LogP contribution < -0.4 is 10.6 Å². The van der Waals surface area contributed by atoms with Crippen molar-refractivity contribution in [3.63, 3.8) is 0 Å². The topological polar surface area (TPSA) is 62.7 Å². The van der Waals surface area contributed by atoms with Gasteiger partial charge >= 0.3 is 0 Å². The lowest BCUT2D eigenvalue weighted by Gasteiger charge is -2.23. The fourth-order valence-corrected chi connectivity index (χ4v) is 2.59. The molecule has 2 aromatic carbocycles. The first kappa shape index (κ1) is 17.2. The summed E-state index contributed by atoms with van der Waals surface area (Å²) in [5.41, 5.74) is 3.08. The molecule has 0 unspecified atom stereocenters.